The van der Waals surface area contributed by atoms with E-state index in [0.717, 1.165) is 12.8 Å². The first-order valence-electron chi connectivity index (χ1n) is 9.10. The number of Topliss-reactive ketones (excluding diaryl/α,β-unsaturated/α-hetero) is 1. The second kappa shape index (κ2) is 5.08. The fourth-order valence-corrected chi connectivity index (χ4v) is 6.04. The Morgan fingerprint density at radius 1 is 1.27 bits per heavy atom. The lowest BCUT2D eigenvalue weighted by Crippen LogP contribution is -2.52. The van der Waals surface area contributed by atoms with Crippen LogP contribution in [0.15, 0.2) is 24.3 Å². The Bertz CT molecular complexity index is 530. The number of carbonyl (C=O) groups is 1. The number of hydrogen-bond acceptors (Lipinski definition) is 1. The van der Waals surface area contributed by atoms with E-state index >= 15 is 0 Å². The van der Waals surface area contributed by atoms with Crippen LogP contribution in [0.1, 0.15) is 72.6 Å². The van der Waals surface area contributed by atoms with Gasteiger partial charge < -0.3 is 0 Å². The number of ketones is 1. The summed E-state index contributed by atoms with van der Waals surface area (Å²) in [4.78, 5) is 12.4. The molecule has 0 N–H and O–H groups in total. The van der Waals surface area contributed by atoms with Crippen molar-refractivity contribution in [2.45, 2.75) is 72.6 Å². The van der Waals surface area contributed by atoms with Crippen molar-refractivity contribution in [1.29, 1.82) is 0 Å². The fraction of sp³-hybridized carbons (Fsp3) is 0.762. The summed E-state index contributed by atoms with van der Waals surface area (Å²) in [6, 6.07) is 0. The molecule has 0 aromatic carbocycles. The summed E-state index contributed by atoms with van der Waals surface area (Å²) in [6.45, 7) is 12.9. The Morgan fingerprint density at radius 2 is 2.00 bits per heavy atom. The van der Waals surface area contributed by atoms with Crippen molar-refractivity contribution >= 4 is 5.78 Å². The molecule has 3 rings (SSSR count). The molecule has 3 aliphatic carbocycles. The predicted molar refractivity (Wildman–Crippen MR) is 92.6 cm³/mol. The highest BCUT2D eigenvalue weighted by atomic mass is 16.1. The number of rotatable bonds is 2. The highest BCUT2D eigenvalue weighted by molar-refractivity contribution is 5.82. The van der Waals surface area contributed by atoms with E-state index in [1.54, 1.807) is 5.57 Å². The van der Waals surface area contributed by atoms with Gasteiger partial charge in [0.15, 0.2) is 0 Å². The molecule has 0 unspecified atom stereocenters. The lowest BCUT2D eigenvalue weighted by Gasteiger charge is -2.58. The second-order valence-electron chi connectivity index (χ2n) is 9.00. The quantitative estimate of drug-likeness (QED) is 0.597. The maximum atomic E-state index is 12.4. The summed E-state index contributed by atoms with van der Waals surface area (Å²) >= 11 is 0. The van der Waals surface area contributed by atoms with E-state index in [4.69, 9.17) is 0 Å². The molecule has 0 aromatic heterocycles. The van der Waals surface area contributed by atoms with E-state index in [9.17, 15) is 4.79 Å². The van der Waals surface area contributed by atoms with Crippen molar-refractivity contribution in [3.05, 3.63) is 24.3 Å². The Hall–Kier alpha value is -0.850. The maximum absolute atomic E-state index is 12.4. The molecule has 0 aliphatic heterocycles. The summed E-state index contributed by atoms with van der Waals surface area (Å²) in [6.07, 6.45) is 13.1. The van der Waals surface area contributed by atoms with Gasteiger partial charge in [-0.25, -0.2) is 0 Å². The zero-order chi connectivity index (χ0) is 16.2. The molecule has 0 saturated heterocycles. The largest absolute Gasteiger partial charge is 0.299 e. The Morgan fingerprint density at radius 3 is 2.64 bits per heavy atom. The van der Waals surface area contributed by atoms with Crippen molar-refractivity contribution < 1.29 is 4.79 Å². The summed E-state index contributed by atoms with van der Waals surface area (Å²) in [5.74, 6) is 1.67. The minimum absolute atomic E-state index is 0.0992. The van der Waals surface area contributed by atoms with Gasteiger partial charge in [-0.15, -0.1) is 6.58 Å². The number of hydrogen-bond donors (Lipinski definition) is 0. The minimum Gasteiger partial charge on any atom is -0.299 e. The van der Waals surface area contributed by atoms with Gasteiger partial charge in [0.1, 0.15) is 5.78 Å². The van der Waals surface area contributed by atoms with Crippen molar-refractivity contribution in [3.8, 4) is 0 Å². The molecule has 0 spiro atoms. The zero-order valence-corrected chi connectivity index (χ0v) is 14.9. The fourth-order valence-electron chi connectivity index (χ4n) is 6.04. The average Bonchev–Trinajstić information content (AvgIpc) is 2.46. The predicted octanol–water partition coefficient (Wildman–Crippen LogP) is 5.71. The number of carbonyl (C=O) groups excluding carboxylic acids is 1. The molecule has 0 aromatic rings. The monoisotopic (exact) mass is 300 g/mol. The lowest BCUT2D eigenvalue weighted by molar-refractivity contribution is -0.137. The van der Waals surface area contributed by atoms with E-state index in [1.165, 1.54) is 32.1 Å². The highest BCUT2D eigenvalue weighted by Crippen LogP contribution is 2.63. The van der Waals surface area contributed by atoms with Gasteiger partial charge in [0.25, 0.3) is 0 Å². The van der Waals surface area contributed by atoms with E-state index in [-0.39, 0.29) is 16.2 Å². The summed E-state index contributed by atoms with van der Waals surface area (Å²) in [7, 11) is 0. The van der Waals surface area contributed by atoms with Crippen LogP contribution in [0.5, 0.6) is 0 Å². The van der Waals surface area contributed by atoms with Crippen LogP contribution < -0.4 is 0 Å². The molecule has 1 nitrogen and oxygen atoms in total. The van der Waals surface area contributed by atoms with Crippen molar-refractivity contribution in [3.63, 3.8) is 0 Å². The first-order chi connectivity index (χ1) is 10.3. The van der Waals surface area contributed by atoms with Gasteiger partial charge in [0, 0.05) is 5.41 Å². The molecule has 5 atom stereocenters. The van der Waals surface area contributed by atoms with Crippen LogP contribution >= 0.6 is 0 Å². The van der Waals surface area contributed by atoms with Gasteiger partial charge in [-0.1, -0.05) is 44.9 Å². The van der Waals surface area contributed by atoms with Gasteiger partial charge in [0.05, 0.1) is 0 Å². The van der Waals surface area contributed by atoms with Crippen LogP contribution in [0, 0.1) is 28.1 Å². The summed E-state index contributed by atoms with van der Waals surface area (Å²) in [5.41, 5.74) is 2.12. The van der Waals surface area contributed by atoms with Crippen LogP contribution in [-0.2, 0) is 4.79 Å². The normalized spacial score (nSPS) is 47.9. The van der Waals surface area contributed by atoms with E-state index in [1.807, 2.05) is 6.92 Å². The van der Waals surface area contributed by atoms with Gasteiger partial charge in [-0.3, -0.25) is 4.79 Å². The van der Waals surface area contributed by atoms with Gasteiger partial charge in [-0.05, 0) is 68.1 Å². The molecule has 1 heteroatoms. The van der Waals surface area contributed by atoms with Gasteiger partial charge in [-0.2, -0.15) is 0 Å². The van der Waals surface area contributed by atoms with Crippen molar-refractivity contribution in [2.75, 3.05) is 0 Å². The van der Waals surface area contributed by atoms with Crippen LogP contribution in [0.2, 0.25) is 0 Å². The van der Waals surface area contributed by atoms with Gasteiger partial charge in [0.2, 0.25) is 0 Å². The average molecular weight is 300 g/mol. The van der Waals surface area contributed by atoms with E-state index in [2.05, 4.69) is 39.5 Å². The third-order valence-electron chi connectivity index (χ3n) is 7.63. The van der Waals surface area contributed by atoms with Crippen LogP contribution in [0.3, 0.4) is 0 Å². The first-order valence-corrected chi connectivity index (χ1v) is 9.10. The standard InChI is InChI=1S/C21H32O/c1-6-19(3)13-10-17-16(14-19)8-9-18-20(4,15(2)22)11-7-12-21(17,18)5/h6,10,16,18H,1,7-9,11-14H2,2-5H3/t16-,18+,19-,20-,21-/m0/s1. The summed E-state index contributed by atoms with van der Waals surface area (Å²) < 4.78 is 0. The second-order valence-corrected chi connectivity index (χ2v) is 9.00. The molecular formula is C21H32O. The highest BCUT2D eigenvalue weighted by Gasteiger charge is 2.56. The molecule has 2 fully saturated rings. The molecule has 22 heavy (non-hydrogen) atoms. The third-order valence-corrected chi connectivity index (χ3v) is 7.63. The van der Waals surface area contributed by atoms with Crippen LogP contribution in [-0.4, -0.2) is 5.78 Å². The number of allylic oxidation sites excluding steroid dienone is 3. The minimum atomic E-state index is -0.0992. The zero-order valence-electron chi connectivity index (χ0n) is 14.9. The first kappa shape index (κ1) is 16.0. The molecule has 122 valence electrons. The van der Waals surface area contributed by atoms with Gasteiger partial charge >= 0.3 is 0 Å². The molecule has 3 aliphatic rings. The van der Waals surface area contributed by atoms with E-state index in [0.29, 0.717) is 17.6 Å². The Kier molecular flexibility index (Phi) is 3.70. The molecule has 0 radical (unpaired) electrons. The van der Waals surface area contributed by atoms with Crippen molar-refractivity contribution in [2.24, 2.45) is 28.1 Å². The molecular weight excluding hydrogens is 268 g/mol. The summed E-state index contributed by atoms with van der Waals surface area (Å²) in [5, 5.41) is 0. The molecule has 0 heterocycles. The third kappa shape index (κ3) is 2.15. The Labute approximate surface area is 136 Å². The molecule has 0 amide bonds. The maximum Gasteiger partial charge on any atom is 0.135 e. The molecule has 0 bridgehead atoms. The molecule has 2 saturated carbocycles. The number of fused-ring (bicyclic) bond motifs is 3. The van der Waals surface area contributed by atoms with Crippen molar-refractivity contribution in [1.82, 2.24) is 0 Å². The Balaban J connectivity index is 1.99. The van der Waals surface area contributed by atoms with Crippen LogP contribution in [0.25, 0.3) is 0 Å². The SMILES string of the molecule is C=C[C@@]1(C)CC=C2[C@@H](CC[C@@H]3[C@](C)(C(C)=O)CCC[C@@]23C)C1. The van der Waals surface area contributed by atoms with Crippen LogP contribution in [0.4, 0.5) is 0 Å². The van der Waals surface area contributed by atoms with E-state index < -0.39 is 0 Å². The smallest absolute Gasteiger partial charge is 0.135 e. The lowest BCUT2D eigenvalue weighted by atomic mass is 9.45. The topological polar surface area (TPSA) is 17.1 Å².